The average Bonchev–Trinajstić information content (AvgIpc) is 2.38. The van der Waals surface area contributed by atoms with Crippen molar-refractivity contribution in [1.29, 1.82) is 0 Å². The molecule has 1 aliphatic heterocycles. The van der Waals surface area contributed by atoms with Gasteiger partial charge in [-0.3, -0.25) is 4.90 Å². The number of benzene rings is 1. The molecule has 0 radical (unpaired) electrons. The number of nitrogens with two attached hydrogens (primary N) is 1. The number of hydrogen-bond donors (Lipinski definition) is 1. The summed E-state index contributed by atoms with van der Waals surface area (Å²) in [6.45, 7) is 10.4. The van der Waals surface area contributed by atoms with Gasteiger partial charge >= 0.3 is 0 Å². The normalized spacial score (nSPS) is 17.4. The summed E-state index contributed by atoms with van der Waals surface area (Å²) < 4.78 is 0. The molecule has 100 valence electrons. The molecule has 1 saturated heterocycles. The van der Waals surface area contributed by atoms with Crippen LogP contribution in [0, 0.1) is 5.92 Å². The maximum atomic E-state index is 5.72. The maximum Gasteiger partial charge on any atom is 0.0368 e. The molecule has 0 aliphatic carbocycles. The summed E-state index contributed by atoms with van der Waals surface area (Å²) in [5.74, 6) is 0.806. The van der Waals surface area contributed by atoms with Crippen LogP contribution in [0.15, 0.2) is 24.3 Å². The fourth-order valence-corrected chi connectivity index (χ4v) is 2.36. The lowest BCUT2D eigenvalue weighted by Gasteiger charge is -2.36. The highest BCUT2D eigenvalue weighted by molar-refractivity contribution is 5.53. The van der Waals surface area contributed by atoms with Gasteiger partial charge in [-0.2, -0.15) is 0 Å². The highest BCUT2D eigenvalue weighted by Crippen LogP contribution is 2.18. The third kappa shape index (κ3) is 3.64. The lowest BCUT2D eigenvalue weighted by atomic mass is 10.1. The van der Waals surface area contributed by atoms with Crippen LogP contribution in [-0.4, -0.2) is 37.6 Å². The zero-order chi connectivity index (χ0) is 13.0. The van der Waals surface area contributed by atoms with Crippen molar-refractivity contribution >= 4 is 11.4 Å². The van der Waals surface area contributed by atoms with E-state index in [1.165, 1.54) is 31.7 Å². The Hall–Kier alpha value is -1.22. The van der Waals surface area contributed by atoms with E-state index >= 15 is 0 Å². The molecule has 2 rings (SSSR count). The minimum absolute atomic E-state index is 0.806. The summed E-state index contributed by atoms with van der Waals surface area (Å²) in [6.07, 6.45) is 1.31. The summed E-state index contributed by atoms with van der Waals surface area (Å²) in [7, 11) is 0. The highest BCUT2D eigenvalue weighted by atomic mass is 15.3. The van der Waals surface area contributed by atoms with Crippen molar-refractivity contribution in [2.75, 3.05) is 43.4 Å². The third-order valence-electron chi connectivity index (χ3n) is 3.65. The standard InChI is InChI=1S/C15H25N3/c1-13(2)7-8-17-9-11-18(12-10-17)15-5-3-14(16)4-6-15/h3-6,13H,7-12,16H2,1-2H3. The highest BCUT2D eigenvalue weighted by Gasteiger charge is 2.16. The molecule has 0 spiro atoms. The summed E-state index contributed by atoms with van der Waals surface area (Å²) >= 11 is 0. The molecular formula is C15H25N3. The first-order valence-electron chi connectivity index (χ1n) is 6.98. The Morgan fingerprint density at radius 2 is 1.67 bits per heavy atom. The second-order valence-corrected chi connectivity index (χ2v) is 5.60. The van der Waals surface area contributed by atoms with E-state index in [9.17, 15) is 0 Å². The van der Waals surface area contributed by atoms with Gasteiger partial charge in [0.05, 0.1) is 0 Å². The SMILES string of the molecule is CC(C)CCN1CCN(c2ccc(N)cc2)CC1. The molecule has 0 saturated carbocycles. The van der Waals surface area contributed by atoms with Gasteiger partial charge < -0.3 is 10.6 Å². The van der Waals surface area contributed by atoms with Gasteiger partial charge in [-0.1, -0.05) is 13.8 Å². The van der Waals surface area contributed by atoms with Crippen LogP contribution < -0.4 is 10.6 Å². The zero-order valence-corrected chi connectivity index (χ0v) is 11.6. The van der Waals surface area contributed by atoms with Crippen molar-refractivity contribution in [3.8, 4) is 0 Å². The average molecular weight is 247 g/mol. The molecule has 1 fully saturated rings. The summed E-state index contributed by atoms with van der Waals surface area (Å²) in [6, 6.07) is 8.22. The van der Waals surface area contributed by atoms with Gasteiger partial charge in [-0.05, 0) is 43.1 Å². The van der Waals surface area contributed by atoms with E-state index < -0.39 is 0 Å². The van der Waals surface area contributed by atoms with Crippen LogP contribution in [0.2, 0.25) is 0 Å². The molecule has 0 aromatic heterocycles. The predicted octanol–water partition coefficient (Wildman–Crippen LogP) is 2.44. The van der Waals surface area contributed by atoms with E-state index in [4.69, 9.17) is 5.73 Å². The number of anilines is 2. The Balaban J connectivity index is 1.81. The number of piperazine rings is 1. The van der Waals surface area contributed by atoms with Crippen molar-refractivity contribution < 1.29 is 0 Å². The number of hydrogen-bond acceptors (Lipinski definition) is 3. The van der Waals surface area contributed by atoms with Crippen molar-refractivity contribution in [3.05, 3.63) is 24.3 Å². The first kappa shape index (κ1) is 13.2. The molecule has 1 aromatic carbocycles. The molecule has 3 nitrogen and oxygen atoms in total. The first-order chi connectivity index (χ1) is 8.65. The van der Waals surface area contributed by atoms with E-state index in [1.807, 2.05) is 12.1 Å². The smallest absolute Gasteiger partial charge is 0.0368 e. The van der Waals surface area contributed by atoms with Gasteiger partial charge in [-0.25, -0.2) is 0 Å². The largest absolute Gasteiger partial charge is 0.399 e. The van der Waals surface area contributed by atoms with Crippen LogP contribution >= 0.6 is 0 Å². The zero-order valence-electron chi connectivity index (χ0n) is 11.6. The predicted molar refractivity (Wildman–Crippen MR) is 79.0 cm³/mol. The van der Waals surface area contributed by atoms with Gasteiger partial charge in [0, 0.05) is 37.6 Å². The van der Waals surface area contributed by atoms with Gasteiger partial charge in [0.1, 0.15) is 0 Å². The molecule has 2 N–H and O–H groups in total. The minimum atomic E-state index is 0.806. The van der Waals surface area contributed by atoms with Crippen molar-refractivity contribution in [2.24, 2.45) is 5.92 Å². The molecular weight excluding hydrogens is 222 g/mol. The maximum absolute atomic E-state index is 5.72. The monoisotopic (exact) mass is 247 g/mol. The van der Waals surface area contributed by atoms with E-state index in [1.54, 1.807) is 0 Å². The second-order valence-electron chi connectivity index (χ2n) is 5.60. The van der Waals surface area contributed by atoms with Crippen LogP contribution in [0.1, 0.15) is 20.3 Å². The van der Waals surface area contributed by atoms with E-state index in [2.05, 4.69) is 35.8 Å². The van der Waals surface area contributed by atoms with Gasteiger partial charge in [0.2, 0.25) is 0 Å². The quantitative estimate of drug-likeness (QED) is 0.829. The molecule has 1 aromatic rings. The fourth-order valence-electron chi connectivity index (χ4n) is 2.36. The van der Waals surface area contributed by atoms with Crippen LogP contribution in [0.4, 0.5) is 11.4 Å². The molecule has 3 heteroatoms. The van der Waals surface area contributed by atoms with Crippen molar-refractivity contribution in [1.82, 2.24) is 4.90 Å². The molecule has 0 atom stereocenters. The summed E-state index contributed by atoms with van der Waals surface area (Å²) in [5, 5.41) is 0. The summed E-state index contributed by atoms with van der Waals surface area (Å²) in [4.78, 5) is 5.03. The van der Waals surface area contributed by atoms with E-state index in [-0.39, 0.29) is 0 Å². The van der Waals surface area contributed by atoms with E-state index in [0.717, 1.165) is 24.7 Å². The van der Waals surface area contributed by atoms with Crippen LogP contribution in [-0.2, 0) is 0 Å². The Morgan fingerprint density at radius 3 is 2.22 bits per heavy atom. The number of nitrogen functional groups attached to an aromatic ring is 1. The topological polar surface area (TPSA) is 32.5 Å². The molecule has 0 unspecified atom stereocenters. The first-order valence-corrected chi connectivity index (χ1v) is 6.98. The fraction of sp³-hybridized carbons (Fsp3) is 0.600. The lowest BCUT2D eigenvalue weighted by Crippen LogP contribution is -2.46. The molecule has 1 heterocycles. The minimum Gasteiger partial charge on any atom is -0.399 e. The van der Waals surface area contributed by atoms with Gasteiger partial charge in [-0.15, -0.1) is 0 Å². The van der Waals surface area contributed by atoms with Crippen molar-refractivity contribution in [2.45, 2.75) is 20.3 Å². The number of rotatable bonds is 4. The Morgan fingerprint density at radius 1 is 1.06 bits per heavy atom. The van der Waals surface area contributed by atoms with Crippen molar-refractivity contribution in [3.63, 3.8) is 0 Å². The second kappa shape index (κ2) is 6.10. The van der Waals surface area contributed by atoms with Crippen LogP contribution in [0.5, 0.6) is 0 Å². The Bertz CT molecular complexity index is 351. The van der Waals surface area contributed by atoms with Crippen LogP contribution in [0.25, 0.3) is 0 Å². The Kier molecular flexibility index (Phi) is 4.48. The van der Waals surface area contributed by atoms with E-state index in [0.29, 0.717) is 0 Å². The third-order valence-corrected chi connectivity index (χ3v) is 3.65. The Labute approximate surface area is 111 Å². The molecule has 0 amide bonds. The van der Waals surface area contributed by atoms with Crippen LogP contribution in [0.3, 0.4) is 0 Å². The summed E-state index contributed by atoms with van der Waals surface area (Å²) in [5.41, 5.74) is 7.86. The molecule has 0 bridgehead atoms. The lowest BCUT2D eigenvalue weighted by molar-refractivity contribution is 0.244. The molecule has 1 aliphatic rings. The molecule has 18 heavy (non-hydrogen) atoms. The van der Waals surface area contributed by atoms with Gasteiger partial charge in [0.15, 0.2) is 0 Å². The van der Waals surface area contributed by atoms with Gasteiger partial charge in [0.25, 0.3) is 0 Å². The number of nitrogens with zero attached hydrogens (tertiary/aromatic N) is 2.